The molecule has 3 fully saturated rings. The van der Waals surface area contributed by atoms with Crippen LogP contribution >= 0.6 is 15.9 Å². The molecule has 7 nitrogen and oxygen atoms in total. The zero-order valence-electron chi connectivity index (χ0n) is 20.2. The van der Waals surface area contributed by atoms with E-state index in [9.17, 15) is 9.59 Å². The molecule has 6 rings (SSSR count). The number of fused-ring (bicyclic) bond motifs is 2. The van der Waals surface area contributed by atoms with Gasteiger partial charge in [-0.25, -0.2) is 0 Å². The second kappa shape index (κ2) is 9.22. The lowest BCUT2D eigenvalue weighted by molar-refractivity contribution is -0.105. The summed E-state index contributed by atoms with van der Waals surface area (Å²) in [5.41, 5.74) is 3.00. The van der Waals surface area contributed by atoms with Crippen LogP contribution in [0.1, 0.15) is 49.5 Å². The molecule has 2 heterocycles. The highest BCUT2D eigenvalue weighted by molar-refractivity contribution is 9.10. The third-order valence-electron chi connectivity index (χ3n) is 8.19. The van der Waals surface area contributed by atoms with Crippen molar-refractivity contribution in [2.75, 3.05) is 5.32 Å². The molecule has 2 N–H and O–H groups in total. The van der Waals surface area contributed by atoms with Crippen molar-refractivity contribution in [2.24, 2.45) is 23.2 Å². The number of carbonyl (C=O) groups is 1. The van der Waals surface area contributed by atoms with E-state index in [1.54, 1.807) is 42.9 Å². The Morgan fingerprint density at radius 3 is 2.51 bits per heavy atom. The van der Waals surface area contributed by atoms with Gasteiger partial charge in [0.2, 0.25) is 0 Å². The molecule has 8 heteroatoms. The highest BCUT2D eigenvalue weighted by Crippen LogP contribution is 2.61. The third kappa shape index (κ3) is 4.40. The predicted molar refractivity (Wildman–Crippen MR) is 140 cm³/mol. The molecule has 0 unspecified atom stereocenters. The first kappa shape index (κ1) is 23.7. The quantitative estimate of drug-likeness (QED) is 0.473. The molecule has 0 radical (unpaired) electrons. The molecule has 2 bridgehead atoms. The van der Waals surface area contributed by atoms with Gasteiger partial charge in [-0.1, -0.05) is 20.8 Å². The number of pyridine rings is 1. The first-order valence-corrected chi connectivity index (χ1v) is 12.9. The van der Waals surface area contributed by atoms with Crippen molar-refractivity contribution in [1.29, 1.82) is 0 Å². The number of hydrogen-bond acceptors (Lipinski definition) is 5. The minimum Gasteiger partial charge on any atom is -0.380 e. The molecule has 3 aliphatic rings. The van der Waals surface area contributed by atoms with Gasteiger partial charge in [-0.05, 0) is 93.9 Å². The van der Waals surface area contributed by atoms with Crippen LogP contribution in [0.15, 0.2) is 64.3 Å². The molecular weight excluding hydrogens is 506 g/mol. The Morgan fingerprint density at radius 2 is 1.86 bits per heavy atom. The lowest BCUT2D eigenvalue weighted by Crippen LogP contribution is -2.58. The van der Waals surface area contributed by atoms with Crippen LogP contribution in [0.2, 0.25) is 0 Å². The average molecular weight is 536 g/mol. The zero-order valence-corrected chi connectivity index (χ0v) is 21.7. The van der Waals surface area contributed by atoms with E-state index in [2.05, 4.69) is 57.4 Å². The molecular formula is C27H30BrN5O2. The van der Waals surface area contributed by atoms with E-state index < -0.39 is 0 Å². The van der Waals surface area contributed by atoms with Crippen molar-refractivity contribution in [1.82, 2.24) is 20.1 Å². The maximum Gasteiger partial charge on any atom is 0.287 e. The van der Waals surface area contributed by atoms with E-state index in [0.29, 0.717) is 45.6 Å². The van der Waals surface area contributed by atoms with Gasteiger partial charge in [0, 0.05) is 30.5 Å². The summed E-state index contributed by atoms with van der Waals surface area (Å²) in [7, 11) is 0. The van der Waals surface area contributed by atoms with Crippen molar-refractivity contribution < 1.29 is 4.79 Å². The Labute approximate surface area is 213 Å². The standard InChI is InChI=1S/C27H30BrN5O2/c1-16-21-12-19(27(21,2)3)13-22(16)32-23-15-31-33(26(35)24(23)28)20-6-4-18(5-7-20)25(34)30-14-17-8-10-29-11-9-17/h4-11,15-16,19,21-22,32H,12-14H2,1-3H3,(H,30,34)/t16-,19+,21-,22-/m1/s1. The normalized spacial score (nSPS) is 24.3. The van der Waals surface area contributed by atoms with Gasteiger partial charge in [-0.15, -0.1) is 0 Å². The van der Waals surface area contributed by atoms with Crippen LogP contribution in [0, 0.1) is 23.2 Å². The van der Waals surface area contributed by atoms with Gasteiger partial charge < -0.3 is 10.6 Å². The van der Waals surface area contributed by atoms with Crippen molar-refractivity contribution in [3.05, 3.63) is 80.9 Å². The number of amides is 1. The first-order valence-electron chi connectivity index (χ1n) is 12.1. The van der Waals surface area contributed by atoms with Crippen LogP contribution in [-0.2, 0) is 6.54 Å². The molecule has 0 saturated heterocycles. The average Bonchev–Trinajstić information content (AvgIpc) is 2.87. The fraction of sp³-hybridized carbons (Fsp3) is 0.407. The van der Waals surface area contributed by atoms with Crippen molar-refractivity contribution in [3.63, 3.8) is 0 Å². The van der Waals surface area contributed by atoms with E-state index in [-0.39, 0.29) is 11.5 Å². The Kier molecular flexibility index (Phi) is 6.25. The summed E-state index contributed by atoms with van der Waals surface area (Å²) >= 11 is 3.50. The van der Waals surface area contributed by atoms with Gasteiger partial charge >= 0.3 is 0 Å². The van der Waals surface area contributed by atoms with Gasteiger partial charge in [0.25, 0.3) is 11.5 Å². The van der Waals surface area contributed by atoms with E-state index in [4.69, 9.17) is 0 Å². The van der Waals surface area contributed by atoms with Gasteiger partial charge in [-0.3, -0.25) is 14.6 Å². The lowest BCUT2D eigenvalue weighted by Gasteiger charge is -2.62. The maximum absolute atomic E-state index is 13.1. The number of halogens is 1. The smallest absolute Gasteiger partial charge is 0.287 e. The summed E-state index contributed by atoms with van der Waals surface area (Å²) in [6.45, 7) is 7.50. The van der Waals surface area contributed by atoms with Crippen molar-refractivity contribution in [2.45, 2.75) is 46.2 Å². The van der Waals surface area contributed by atoms with Crippen molar-refractivity contribution >= 4 is 27.5 Å². The Morgan fingerprint density at radius 1 is 1.14 bits per heavy atom. The Bertz CT molecular complexity index is 1290. The summed E-state index contributed by atoms with van der Waals surface area (Å²) in [5, 5.41) is 10.9. The zero-order chi connectivity index (χ0) is 24.7. The van der Waals surface area contributed by atoms with Crippen LogP contribution in [0.5, 0.6) is 0 Å². The number of aromatic nitrogens is 3. The van der Waals surface area contributed by atoms with E-state index in [1.165, 1.54) is 11.1 Å². The highest BCUT2D eigenvalue weighted by atomic mass is 79.9. The summed E-state index contributed by atoms with van der Waals surface area (Å²) in [4.78, 5) is 29.6. The number of nitrogens with zero attached hydrogens (tertiary/aromatic N) is 3. The molecule has 3 aromatic rings. The minimum atomic E-state index is -0.237. The molecule has 35 heavy (non-hydrogen) atoms. The number of benzene rings is 1. The maximum atomic E-state index is 13.1. The van der Waals surface area contributed by atoms with Gasteiger partial charge in [0.15, 0.2) is 0 Å². The largest absolute Gasteiger partial charge is 0.380 e. The molecule has 0 spiro atoms. The molecule has 3 aliphatic carbocycles. The van der Waals surface area contributed by atoms with Gasteiger partial charge in [-0.2, -0.15) is 9.78 Å². The SMILES string of the molecule is C[C@@H]1[C@H]2C[C@@H](C[C@H]1Nc1cnn(-c3ccc(C(=O)NCc4ccncc4)cc3)c(=O)c1Br)C2(C)C. The number of anilines is 1. The molecule has 3 saturated carbocycles. The minimum absolute atomic E-state index is 0.183. The number of nitrogens with one attached hydrogen (secondary N) is 2. The van der Waals surface area contributed by atoms with E-state index in [0.717, 1.165) is 23.6 Å². The monoisotopic (exact) mass is 535 g/mol. The molecule has 0 aliphatic heterocycles. The van der Waals surface area contributed by atoms with Gasteiger partial charge in [0.05, 0.1) is 17.6 Å². The van der Waals surface area contributed by atoms with Crippen LogP contribution in [0.3, 0.4) is 0 Å². The van der Waals surface area contributed by atoms with E-state index >= 15 is 0 Å². The van der Waals surface area contributed by atoms with Crippen LogP contribution in [-0.4, -0.2) is 26.7 Å². The summed E-state index contributed by atoms with van der Waals surface area (Å²) in [5.74, 6) is 1.80. The van der Waals surface area contributed by atoms with Crippen LogP contribution < -0.4 is 16.2 Å². The summed E-state index contributed by atoms with van der Waals surface area (Å²) in [6, 6.07) is 10.9. The molecule has 1 aromatic carbocycles. The Hall–Kier alpha value is -3.00. The van der Waals surface area contributed by atoms with Gasteiger partial charge in [0.1, 0.15) is 4.47 Å². The third-order valence-corrected chi connectivity index (χ3v) is 8.96. The molecule has 182 valence electrons. The predicted octanol–water partition coefficient (Wildman–Crippen LogP) is 4.80. The summed E-state index contributed by atoms with van der Waals surface area (Å²) in [6.07, 6.45) is 7.52. The van der Waals surface area contributed by atoms with Crippen molar-refractivity contribution in [3.8, 4) is 5.69 Å². The highest BCUT2D eigenvalue weighted by Gasteiger charge is 2.56. The molecule has 4 atom stereocenters. The number of hydrogen-bond donors (Lipinski definition) is 2. The number of rotatable bonds is 6. The summed E-state index contributed by atoms with van der Waals surface area (Å²) < 4.78 is 1.82. The lowest BCUT2D eigenvalue weighted by atomic mass is 9.45. The van der Waals surface area contributed by atoms with Crippen LogP contribution in [0.4, 0.5) is 5.69 Å². The topological polar surface area (TPSA) is 88.9 Å². The van der Waals surface area contributed by atoms with E-state index in [1.807, 2.05) is 12.1 Å². The fourth-order valence-electron chi connectivity index (χ4n) is 5.80. The molecule has 2 aromatic heterocycles. The number of carbonyl (C=O) groups excluding carboxylic acids is 1. The van der Waals surface area contributed by atoms with Crippen LogP contribution in [0.25, 0.3) is 5.69 Å². The Balaban J connectivity index is 1.27. The second-order valence-electron chi connectivity index (χ2n) is 10.4. The first-order chi connectivity index (χ1) is 16.8. The second-order valence-corrected chi connectivity index (χ2v) is 11.2. The molecule has 1 amide bonds. The fourth-order valence-corrected chi connectivity index (χ4v) is 6.18.